The first-order valence-corrected chi connectivity index (χ1v) is 24.7. The molecule has 0 saturated heterocycles. The molecule has 0 amide bonds. The summed E-state index contributed by atoms with van der Waals surface area (Å²) in [5, 5.41) is 4.99. The van der Waals surface area contributed by atoms with Gasteiger partial charge >= 0.3 is 0 Å². The van der Waals surface area contributed by atoms with E-state index in [4.69, 9.17) is 0 Å². The number of para-hydroxylation sites is 1. The summed E-state index contributed by atoms with van der Waals surface area (Å²) < 4.78 is 2.42. The highest BCUT2D eigenvalue weighted by molar-refractivity contribution is 6.25. The molecule has 0 bridgehead atoms. The van der Waals surface area contributed by atoms with E-state index >= 15 is 0 Å². The van der Waals surface area contributed by atoms with E-state index in [1.54, 1.807) is 0 Å². The lowest BCUT2D eigenvalue weighted by Crippen LogP contribution is -2.10. The van der Waals surface area contributed by atoms with Gasteiger partial charge in [-0.15, -0.1) is 0 Å². The van der Waals surface area contributed by atoms with Crippen LogP contribution in [0.15, 0.2) is 291 Å². The van der Waals surface area contributed by atoms with E-state index in [0.717, 1.165) is 33.9 Å². The zero-order chi connectivity index (χ0) is 47.8. The molecule has 1 heterocycles. The number of benzene rings is 12. The van der Waals surface area contributed by atoms with Crippen LogP contribution in [0.2, 0.25) is 0 Å². The van der Waals surface area contributed by atoms with Gasteiger partial charge in [0.05, 0.1) is 11.0 Å². The van der Waals surface area contributed by atoms with E-state index in [-0.39, 0.29) is 0 Å². The fraction of sp³-hybridized carbons (Fsp3) is 0. The van der Waals surface area contributed by atoms with Gasteiger partial charge in [-0.3, -0.25) is 0 Å². The van der Waals surface area contributed by atoms with Gasteiger partial charge in [-0.25, -0.2) is 0 Å². The van der Waals surface area contributed by atoms with E-state index < -0.39 is 0 Å². The SMILES string of the molecule is c1ccc(-c2cc(-c3ccccc3)cc(-c3ccc(N(c4ccc(-c5ccccc5-c5ccccc5)cc4)c4cccc(-c5cccc6c5c5c7ccccc7ccc5n6-c5ccccc5)c4)cc3)c2)cc1. The van der Waals surface area contributed by atoms with Gasteiger partial charge in [0.1, 0.15) is 0 Å². The Kier molecular flexibility index (Phi) is 10.9. The summed E-state index contributed by atoms with van der Waals surface area (Å²) in [5.74, 6) is 0. The minimum absolute atomic E-state index is 1.07. The number of hydrogen-bond acceptors (Lipinski definition) is 1. The molecule has 0 spiro atoms. The van der Waals surface area contributed by atoms with Crippen LogP contribution in [0.3, 0.4) is 0 Å². The van der Waals surface area contributed by atoms with Crippen molar-refractivity contribution in [3.8, 4) is 72.4 Å². The van der Waals surface area contributed by atoms with E-state index in [1.807, 2.05) is 0 Å². The molecule has 0 saturated carbocycles. The summed E-state index contributed by atoms with van der Waals surface area (Å²) in [5.41, 5.74) is 21.0. The second kappa shape index (κ2) is 18.4. The Morgan fingerprint density at radius 1 is 0.236 bits per heavy atom. The highest BCUT2D eigenvalue weighted by atomic mass is 15.1. The zero-order valence-electron chi connectivity index (χ0n) is 39.6. The molecule has 13 rings (SSSR count). The van der Waals surface area contributed by atoms with Crippen LogP contribution in [-0.4, -0.2) is 4.57 Å². The third-order valence-electron chi connectivity index (χ3n) is 14.2. The molecule has 72 heavy (non-hydrogen) atoms. The van der Waals surface area contributed by atoms with Crippen LogP contribution in [0.25, 0.3) is 105 Å². The maximum absolute atomic E-state index is 2.42. The highest BCUT2D eigenvalue weighted by Gasteiger charge is 2.21. The van der Waals surface area contributed by atoms with Gasteiger partial charge < -0.3 is 9.47 Å². The van der Waals surface area contributed by atoms with Gasteiger partial charge in [0.25, 0.3) is 0 Å². The lowest BCUT2D eigenvalue weighted by atomic mass is 9.93. The van der Waals surface area contributed by atoms with Crippen LogP contribution in [0.1, 0.15) is 0 Å². The van der Waals surface area contributed by atoms with Crippen LogP contribution >= 0.6 is 0 Å². The van der Waals surface area contributed by atoms with Crippen molar-refractivity contribution in [1.82, 2.24) is 4.57 Å². The predicted molar refractivity (Wildman–Crippen MR) is 306 cm³/mol. The number of aromatic nitrogens is 1. The van der Waals surface area contributed by atoms with Crippen molar-refractivity contribution >= 4 is 49.6 Å². The molecule has 2 heteroatoms. The van der Waals surface area contributed by atoms with Gasteiger partial charge in [0.2, 0.25) is 0 Å². The third-order valence-corrected chi connectivity index (χ3v) is 14.2. The standard InChI is InChI=1S/C70H48N2/c1-5-19-49(20-6-1)56-45-57(50-21-7-2-8-22-50)47-58(46-56)51-35-40-60(41-36-51)71(61-42-37-54(38-43-61)64-31-16-15-30-63(64)52-23-9-3-10-24-52)62-29-17-26-55(48-62)66-33-18-34-67-70(66)69-65-32-14-13-25-53(65)39-44-68(69)72(67)59-27-11-4-12-28-59/h1-48H. The normalized spacial score (nSPS) is 11.3. The smallest absolute Gasteiger partial charge is 0.0547 e. The van der Waals surface area contributed by atoms with E-state index in [2.05, 4.69) is 301 Å². The van der Waals surface area contributed by atoms with Gasteiger partial charge in [-0.2, -0.15) is 0 Å². The maximum Gasteiger partial charge on any atom is 0.0547 e. The van der Waals surface area contributed by atoms with E-state index in [1.165, 1.54) is 88.2 Å². The Hall–Kier alpha value is -9.50. The average molecular weight is 917 g/mol. The zero-order valence-corrected chi connectivity index (χ0v) is 39.6. The molecule has 0 aliphatic heterocycles. The molecule has 2 nitrogen and oxygen atoms in total. The Labute approximate surface area is 420 Å². The molecule has 1 aromatic heterocycles. The molecular weight excluding hydrogens is 869 g/mol. The van der Waals surface area contributed by atoms with Crippen molar-refractivity contribution in [3.63, 3.8) is 0 Å². The summed E-state index contributed by atoms with van der Waals surface area (Å²) >= 11 is 0. The van der Waals surface area contributed by atoms with Gasteiger partial charge in [-0.1, -0.05) is 212 Å². The van der Waals surface area contributed by atoms with Gasteiger partial charge in [0.15, 0.2) is 0 Å². The summed E-state index contributed by atoms with van der Waals surface area (Å²) in [7, 11) is 0. The second-order valence-electron chi connectivity index (χ2n) is 18.5. The molecule has 338 valence electrons. The molecule has 0 aliphatic carbocycles. The highest BCUT2D eigenvalue weighted by Crippen LogP contribution is 2.45. The van der Waals surface area contributed by atoms with Crippen LogP contribution in [0.4, 0.5) is 17.1 Å². The first-order valence-electron chi connectivity index (χ1n) is 24.7. The molecule has 12 aromatic carbocycles. The van der Waals surface area contributed by atoms with Crippen molar-refractivity contribution in [2.45, 2.75) is 0 Å². The van der Waals surface area contributed by atoms with Crippen LogP contribution in [0.5, 0.6) is 0 Å². The van der Waals surface area contributed by atoms with Gasteiger partial charge in [0, 0.05) is 33.5 Å². The molecule has 0 N–H and O–H groups in total. The van der Waals surface area contributed by atoms with Crippen molar-refractivity contribution in [3.05, 3.63) is 291 Å². The van der Waals surface area contributed by atoms with Crippen molar-refractivity contribution < 1.29 is 0 Å². The average Bonchev–Trinajstić information content (AvgIpc) is 3.82. The van der Waals surface area contributed by atoms with Crippen molar-refractivity contribution in [1.29, 1.82) is 0 Å². The molecule has 0 atom stereocenters. The van der Waals surface area contributed by atoms with Crippen LogP contribution in [-0.2, 0) is 0 Å². The monoisotopic (exact) mass is 916 g/mol. The second-order valence-corrected chi connectivity index (χ2v) is 18.5. The minimum Gasteiger partial charge on any atom is -0.310 e. The Bertz CT molecular complexity index is 3990. The predicted octanol–water partition coefficient (Wildman–Crippen LogP) is 19.4. The minimum atomic E-state index is 1.07. The number of fused-ring (bicyclic) bond motifs is 5. The first kappa shape index (κ1) is 42.6. The van der Waals surface area contributed by atoms with E-state index in [9.17, 15) is 0 Å². The Morgan fingerprint density at radius 2 is 0.681 bits per heavy atom. The maximum atomic E-state index is 2.42. The first-order chi connectivity index (χ1) is 35.7. The Morgan fingerprint density at radius 3 is 1.29 bits per heavy atom. The summed E-state index contributed by atoms with van der Waals surface area (Å²) in [4.78, 5) is 2.40. The van der Waals surface area contributed by atoms with E-state index in [0.29, 0.717) is 0 Å². The molecule has 13 aromatic rings. The van der Waals surface area contributed by atoms with Crippen molar-refractivity contribution in [2.75, 3.05) is 4.90 Å². The fourth-order valence-corrected chi connectivity index (χ4v) is 10.8. The number of nitrogens with zero attached hydrogens (tertiary/aromatic N) is 2. The third kappa shape index (κ3) is 7.82. The van der Waals surface area contributed by atoms with Crippen LogP contribution in [0, 0.1) is 0 Å². The summed E-state index contributed by atoms with van der Waals surface area (Å²) in [6.45, 7) is 0. The quantitative estimate of drug-likeness (QED) is 0.133. The lowest BCUT2D eigenvalue weighted by Gasteiger charge is -2.27. The van der Waals surface area contributed by atoms with Gasteiger partial charge in [-0.05, 0) is 156 Å². The largest absolute Gasteiger partial charge is 0.310 e. The molecule has 0 fully saturated rings. The lowest BCUT2D eigenvalue weighted by molar-refractivity contribution is 1.18. The summed E-state index contributed by atoms with van der Waals surface area (Å²) in [6.07, 6.45) is 0. The molecule has 0 unspecified atom stereocenters. The number of rotatable bonds is 10. The number of hydrogen-bond donors (Lipinski definition) is 0. The van der Waals surface area contributed by atoms with Crippen LogP contribution < -0.4 is 4.90 Å². The molecule has 0 aliphatic rings. The topological polar surface area (TPSA) is 8.17 Å². The summed E-state index contributed by atoms with van der Waals surface area (Å²) in [6, 6.07) is 106. The Balaban J connectivity index is 0.966. The molecule has 0 radical (unpaired) electrons. The fourth-order valence-electron chi connectivity index (χ4n) is 10.8. The number of anilines is 3. The van der Waals surface area contributed by atoms with Crippen molar-refractivity contribution in [2.24, 2.45) is 0 Å². The molecular formula is C70H48N2.